The van der Waals surface area contributed by atoms with Crippen molar-refractivity contribution in [3.05, 3.63) is 28.2 Å². The Hall–Kier alpha value is -0.480. The molecule has 0 aliphatic carbocycles. The number of rotatable bonds is 5. The quantitative estimate of drug-likeness (QED) is 0.493. The Bertz CT molecular complexity index is 379. The molecular formula is C12H17BrN2S. The van der Waals surface area contributed by atoms with Crippen molar-refractivity contribution >= 4 is 33.5 Å². The van der Waals surface area contributed by atoms with Gasteiger partial charge in [0.05, 0.1) is 0 Å². The lowest BCUT2D eigenvalue weighted by molar-refractivity contribution is 0.637. The second-order valence-electron chi connectivity index (χ2n) is 3.85. The molecule has 1 rings (SSSR count). The van der Waals surface area contributed by atoms with Crippen LogP contribution in [0.2, 0.25) is 0 Å². The maximum Gasteiger partial charge on any atom is 0.125 e. The second kappa shape index (κ2) is 6.30. The minimum atomic E-state index is 0.124. The van der Waals surface area contributed by atoms with E-state index >= 15 is 0 Å². The van der Waals surface area contributed by atoms with Crippen LogP contribution in [-0.4, -0.2) is 11.6 Å². The van der Waals surface area contributed by atoms with E-state index in [4.69, 9.17) is 11.1 Å². The van der Waals surface area contributed by atoms with Crippen LogP contribution in [0.15, 0.2) is 27.6 Å². The van der Waals surface area contributed by atoms with Crippen LogP contribution < -0.4 is 5.73 Å². The summed E-state index contributed by atoms with van der Waals surface area (Å²) in [5.74, 6) is 1.87. The van der Waals surface area contributed by atoms with Gasteiger partial charge >= 0.3 is 0 Å². The number of thioether (sulfide) groups is 1. The van der Waals surface area contributed by atoms with E-state index in [0.717, 1.165) is 20.7 Å². The van der Waals surface area contributed by atoms with Crippen LogP contribution in [0.5, 0.6) is 0 Å². The molecule has 0 spiro atoms. The van der Waals surface area contributed by atoms with Crippen molar-refractivity contribution in [2.75, 3.05) is 5.75 Å². The summed E-state index contributed by atoms with van der Waals surface area (Å²) in [5.41, 5.74) is 6.41. The summed E-state index contributed by atoms with van der Waals surface area (Å²) in [4.78, 5) is 1.09. The molecule has 0 aliphatic rings. The third-order valence-electron chi connectivity index (χ3n) is 2.46. The van der Waals surface area contributed by atoms with Gasteiger partial charge in [-0.15, -0.1) is 11.8 Å². The van der Waals surface area contributed by atoms with Crippen LogP contribution in [0.3, 0.4) is 0 Å². The number of nitrogens with two attached hydrogens (primary N) is 1. The fourth-order valence-corrected chi connectivity index (χ4v) is 3.19. The number of benzene rings is 1. The summed E-state index contributed by atoms with van der Waals surface area (Å²) in [7, 11) is 0. The van der Waals surface area contributed by atoms with Crippen LogP contribution in [-0.2, 0) is 0 Å². The molecule has 4 heteroatoms. The van der Waals surface area contributed by atoms with Crippen LogP contribution in [0.1, 0.15) is 25.8 Å². The van der Waals surface area contributed by atoms with Gasteiger partial charge in [-0.05, 0) is 34.0 Å². The molecule has 0 bridgehead atoms. The summed E-state index contributed by atoms with van der Waals surface area (Å²) < 4.78 is 0.897. The van der Waals surface area contributed by atoms with Gasteiger partial charge in [0.1, 0.15) is 5.84 Å². The van der Waals surface area contributed by atoms with E-state index in [-0.39, 0.29) is 5.84 Å². The number of nitrogen functional groups attached to an aromatic ring is 1. The topological polar surface area (TPSA) is 49.9 Å². The Morgan fingerprint density at radius 2 is 2.25 bits per heavy atom. The molecular weight excluding hydrogens is 284 g/mol. The van der Waals surface area contributed by atoms with Crippen LogP contribution in [0, 0.1) is 11.3 Å². The van der Waals surface area contributed by atoms with E-state index in [1.807, 2.05) is 18.2 Å². The minimum absolute atomic E-state index is 0.124. The van der Waals surface area contributed by atoms with E-state index in [9.17, 15) is 0 Å². The predicted molar refractivity (Wildman–Crippen MR) is 75.3 cm³/mol. The summed E-state index contributed by atoms with van der Waals surface area (Å²) in [6.07, 6.45) is 1.18. The molecule has 0 saturated carbocycles. The molecule has 2 nitrogen and oxygen atoms in total. The largest absolute Gasteiger partial charge is 0.384 e. The van der Waals surface area contributed by atoms with E-state index in [1.165, 1.54) is 6.42 Å². The highest BCUT2D eigenvalue weighted by atomic mass is 79.9. The summed E-state index contributed by atoms with van der Waals surface area (Å²) in [5, 5.41) is 7.58. The summed E-state index contributed by atoms with van der Waals surface area (Å²) in [6.45, 7) is 4.43. The van der Waals surface area contributed by atoms with Gasteiger partial charge in [-0.1, -0.05) is 26.3 Å². The van der Waals surface area contributed by atoms with Crippen molar-refractivity contribution in [3.8, 4) is 0 Å². The monoisotopic (exact) mass is 300 g/mol. The first-order valence-corrected chi connectivity index (χ1v) is 7.09. The third kappa shape index (κ3) is 3.52. The molecule has 0 fully saturated rings. The van der Waals surface area contributed by atoms with E-state index in [0.29, 0.717) is 5.92 Å². The molecule has 3 N–H and O–H groups in total. The molecule has 0 radical (unpaired) electrons. The second-order valence-corrected chi connectivity index (χ2v) is 5.77. The first kappa shape index (κ1) is 13.6. The molecule has 1 aromatic carbocycles. The van der Waals surface area contributed by atoms with E-state index < -0.39 is 0 Å². The SMILES string of the molecule is CCC(C)CSc1cccc(Br)c1C(=N)N. The first-order chi connectivity index (χ1) is 7.56. The average Bonchev–Trinajstić information content (AvgIpc) is 2.25. The molecule has 0 aromatic heterocycles. The number of hydrogen-bond acceptors (Lipinski definition) is 2. The molecule has 0 saturated heterocycles. The van der Waals surface area contributed by atoms with Crippen molar-refractivity contribution in [3.63, 3.8) is 0 Å². The Balaban J connectivity index is 2.87. The van der Waals surface area contributed by atoms with Crippen molar-refractivity contribution in [1.29, 1.82) is 5.41 Å². The highest BCUT2D eigenvalue weighted by Gasteiger charge is 2.10. The van der Waals surface area contributed by atoms with Gasteiger partial charge in [-0.2, -0.15) is 0 Å². The maximum atomic E-state index is 7.58. The Morgan fingerprint density at radius 1 is 1.56 bits per heavy atom. The summed E-state index contributed by atoms with van der Waals surface area (Å²) in [6, 6.07) is 5.92. The molecule has 1 unspecified atom stereocenters. The Morgan fingerprint density at radius 3 is 2.81 bits per heavy atom. The highest BCUT2D eigenvalue weighted by Crippen LogP contribution is 2.30. The fraction of sp³-hybridized carbons (Fsp3) is 0.417. The Kier molecular flexibility index (Phi) is 5.35. The zero-order valence-corrected chi connectivity index (χ0v) is 12.0. The smallest absolute Gasteiger partial charge is 0.125 e. The fourth-order valence-electron chi connectivity index (χ4n) is 1.24. The van der Waals surface area contributed by atoms with Gasteiger partial charge in [-0.25, -0.2) is 0 Å². The first-order valence-electron chi connectivity index (χ1n) is 5.32. The molecule has 1 aromatic rings. The lowest BCUT2D eigenvalue weighted by Crippen LogP contribution is -2.13. The third-order valence-corrected chi connectivity index (χ3v) is 4.51. The predicted octanol–water partition coefficient (Wildman–Crippen LogP) is 3.87. The van der Waals surface area contributed by atoms with Crippen molar-refractivity contribution in [2.45, 2.75) is 25.2 Å². The highest BCUT2D eigenvalue weighted by molar-refractivity contribution is 9.10. The van der Waals surface area contributed by atoms with Crippen molar-refractivity contribution in [2.24, 2.45) is 11.7 Å². The van der Waals surface area contributed by atoms with Crippen LogP contribution >= 0.6 is 27.7 Å². The van der Waals surface area contributed by atoms with E-state index in [2.05, 4.69) is 29.8 Å². The van der Waals surface area contributed by atoms with Gasteiger partial charge in [0.25, 0.3) is 0 Å². The standard InChI is InChI=1S/C12H17BrN2S/c1-3-8(2)7-16-10-6-4-5-9(13)11(10)12(14)15/h4-6,8H,3,7H2,1-2H3,(H3,14,15). The lowest BCUT2D eigenvalue weighted by Gasteiger charge is -2.12. The average molecular weight is 301 g/mol. The van der Waals surface area contributed by atoms with E-state index in [1.54, 1.807) is 11.8 Å². The van der Waals surface area contributed by atoms with Crippen LogP contribution in [0.25, 0.3) is 0 Å². The maximum absolute atomic E-state index is 7.58. The number of amidine groups is 1. The zero-order valence-electron chi connectivity index (χ0n) is 9.59. The van der Waals surface area contributed by atoms with Crippen molar-refractivity contribution in [1.82, 2.24) is 0 Å². The van der Waals surface area contributed by atoms with Gasteiger partial charge < -0.3 is 5.73 Å². The molecule has 1 atom stereocenters. The van der Waals surface area contributed by atoms with Gasteiger partial charge in [0, 0.05) is 20.7 Å². The number of hydrogen-bond donors (Lipinski definition) is 2. The van der Waals surface area contributed by atoms with Gasteiger partial charge in [-0.3, -0.25) is 5.41 Å². The molecule has 0 heterocycles. The number of nitrogens with one attached hydrogen (secondary N) is 1. The lowest BCUT2D eigenvalue weighted by atomic mass is 10.2. The molecule has 0 amide bonds. The number of halogens is 1. The minimum Gasteiger partial charge on any atom is -0.384 e. The van der Waals surface area contributed by atoms with Gasteiger partial charge in [0.2, 0.25) is 0 Å². The molecule has 16 heavy (non-hydrogen) atoms. The normalized spacial score (nSPS) is 12.4. The Labute approximate surface area is 110 Å². The van der Waals surface area contributed by atoms with Crippen molar-refractivity contribution < 1.29 is 0 Å². The van der Waals surface area contributed by atoms with Gasteiger partial charge in [0.15, 0.2) is 0 Å². The summed E-state index contributed by atoms with van der Waals surface area (Å²) >= 11 is 5.21. The zero-order chi connectivity index (χ0) is 12.1. The van der Waals surface area contributed by atoms with Crippen LogP contribution in [0.4, 0.5) is 0 Å². The molecule has 0 aliphatic heterocycles. The molecule has 88 valence electrons.